The molecule has 0 aliphatic carbocycles. The van der Waals surface area contributed by atoms with Gasteiger partial charge in [0.1, 0.15) is 17.1 Å². The lowest BCUT2D eigenvalue weighted by molar-refractivity contribution is 0.0204. The highest BCUT2D eigenvalue weighted by molar-refractivity contribution is 5.77. The average molecular weight is 479 g/mol. The lowest BCUT2D eigenvalue weighted by atomic mass is 9.92. The van der Waals surface area contributed by atoms with Crippen LogP contribution < -0.4 is 15.2 Å². The van der Waals surface area contributed by atoms with Gasteiger partial charge in [-0.1, -0.05) is 0 Å². The van der Waals surface area contributed by atoms with E-state index in [-0.39, 0.29) is 12.0 Å². The van der Waals surface area contributed by atoms with E-state index in [0.29, 0.717) is 18.8 Å². The number of nitrogen functional groups attached to an aromatic ring is 1. The molecule has 1 aliphatic heterocycles. The normalized spacial score (nSPS) is 14.6. The van der Waals surface area contributed by atoms with Crippen LogP contribution in [0, 0.1) is 0 Å². The second-order valence-corrected chi connectivity index (χ2v) is 9.73. The van der Waals surface area contributed by atoms with Crippen molar-refractivity contribution in [1.82, 2.24) is 14.7 Å². The van der Waals surface area contributed by atoms with Gasteiger partial charge in [0.05, 0.1) is 37.0 Å². The molecular formula is C27H34N4O4. The minimum absolute atomic E-state index is 0.144. The fourth-order valence-corrected chi connectivity index (χ4v) is 4.35. The summed E-state index contributed by atoms with van der Waals surface area (Å²) in [5.41, 5.74) is 10.4. The molecule has 2 heterocycles. The molecule has 2 aromatic carbocycles. The zero-order valence-corrected chi connectivity index (χ0v) is 21.1. The molecule has 4 rings (SSSR count). The van der Waals surface area contributed by atoms with Gasteiger partial charge in [-0.2, -0.15) is 5.10 Å². The van der Waals surface area contributed by atoms with Crippen LogP contribution in [-0.2, 0) is 4.74 Å². The molecule has 186 valence electrons. The molecule has 0 spiro atoms. The Kier molecular flexibility index (Phi) is 6.91. The lowest BCUT2D eigenvalue weighted by Gasteiger charge is -2.33. The van der Waals surface area contributed by atoms with Crippen molar-refractivity contribution < 1.29 is 19.0 Å². The van der Waals surface area contributed by atoms with Crippen LogP contribution in [0.4, 0.5) is 10.5 Å². The van der Waals surface area contributed by atoms with Crippen LogP contribution in [0.5, 0.6) is 11.5 Å². The molecule has 3 aromatic rings. The number of hydrogen-bond acceptors (Lipinski definition) is 6. The zero-order chi connectivity index (χ0) is 25.2. The number of likely N-dealkylation sites (tertiary alicyclic amines) is 1. The summed E-state index contributed by atoms with van der Waals surface area (Å²) in [7, 11) is 3.29. The maximum atomic E-state index is 12.5. The van der Waals surface area contributed by atoms with Crippen molar-refractivity contribution in [3.8, 4) is 28.4 Å². The SMILES string of the molecule is COc1ccc(-c2c(N)c(C3CCN(C(=O)OC(C)(C)C)CC3)nn2-c2ccc(OC)cc2)cc1. The molecule has 1 saturated heterocycles. The largest absolute Gasteiger partial charge is 0.497 e. The van der Waals surface area contributed by atoms with Crippen molar-refractivity contribution in [2.24, 2.45) is 0 Å². The van der Waals surface area contributed by atoms with E-state index in [4.69, 9.17) is 25.0 Å². The van der Waals surface area contributed by atoms with Gasteiger partial charge in [0.15, 0.2) is 0 Å². The fourth-order valence-electron chi connectivity index (χ4n) is 4.35. The quantitative estimate of drug-likeness (QED) is 0.538. The highest BCUT2D eigenvalue weighted by Crippen LogP contribution is 2.39. The number of anilines is 1. The average Bonchev–Trinajstić information content (AvgIpc) is 3.20. The molecule has 1 amide bonds. The molecule has 0 bridgehead atoms. The van der Waals surface area contributed by atoms with Crippen LogP contribution in [0.3, 0.4) is 0 Å². The number of nitrogens with zero attached hydrogens (tertiary/aromatic N) is 3. The van der Waals surface area contributed by atoms with Gasteiger partial charge in [-0.3, -0.25) is 0 Å². The summed E-state index contributed by atoms with van der Waals surface area (Å²) in [4.78, 5) is 14.3. The van der Waals surface area contributed by atoms with Gasteiger partial charge in [0.25, 0.3) is 0 Å². The number of aromatic nitrogens is 2. The van der Waals surface area contributed by atoms with Crippen molar-refractivity contribution in [3.63, 3.8) is 0 Å². The third-order valence-electron chi connectivity index (χ3n) is 6.16. The fraction of sp³-hybridized carbons (Fsp3) is 0.407. The Balaban J connectivity index is 1.65. The third kappa shape index (κ3) is 5.37. The zero-order valence-electron chi connectivity index (χ0n) is 21.1. The Morgan fingerprint density at radius 2 is 1.49 bits per heavy atom. The van der Waals surface area contributed by atoms with Crippen molar-refractivity contribution in [2.75, 3.05) is 33.0 Å². The summed E-state index contributed by atoms with van der Waals surface area (Å²) in [6.45, 7) is 6.85. The van der Waals surface area contributed by atoms with E-state index >= 15 is 0 Å². The Hall–Kier alpha value is -3.68. The van der Waals surface area contributed by atoms with Crippen molar-refractivity contribution >= 4 is 11.8 Å². The first-order valence-corrected chi connectivity index (χ1v) is 11.9. The first-order chi connectivity index (χ1) is 16.7. The highest BCUT2D eigenvalue weighted by atomic mass is 16.6. The monoisotopic (exact) mass is 478 g/mol. The topological polar surface area (TPSA) is 91.8 Å². The molecule has 35 heavy (non-hydrogen) atoms. The smallest absolute Gasteiger partial charge is 0.410 e. The molecular weight excluding hydrogens is 444 g/mol. The number of ether oxygens (including phenoxy) is 3. The second-order valence-electron chi connectivity index (χ2n) is 9.73. The van der Waals surface area contributed by atoms with E-state index in [1.165, 1.54) is 0 Å². The number of carbonyl (C=O) groups is 1. The molecule has 2 N–H and O–H groups in total. The summed E-state index contributed by atoms with van der Waals surface area (Å²) in [5, 5.41) is 4.99. The van der Waals surface area contributed by atoms with Crippen LogP contribution in [-0.4, -0.2) is 53.7 Å². The van der Waals surface area contributed by atoms with Crippen molar-refractivity contribution in [2.45, 2.75) is 45.1 Å². The van der Waals surface area contributed by atoms with Gasteiger partial charge >= 0.3 is 6.09 Å². The van der Waals surface area contributed by atoms with Gasteiger partial charge < -0.3 is 24.8 Å². The van der Waals surface area contributed by atoms with Gasteiger partial charge in [0, 0.05) is 24.6 Å². The minimum Gasteiger partial charge on any atom is -0.497 e. The third-order valence-corrected chi connectivity index (χ3v) is 6.16. The maximum Gasteiger partial charge on any atom is 0.410 e. The van der Waals surface area contributed by atoms with Crippen LogP contribution in [0.2, 0.25) is 0 Å². The molecule has 0 saturated carbocycles. The predicted octanol–water partition coefficient (Wildman–Crippen LogP) is 5.25. The van der Waals surface area contributed by atoms with E-state index in [1.54, 1.807) is 19.1 Å². The number of hydrogen-bond donors (Lipinski definition) is 1. The molecule has 1 aliphatic rings. The van der Waals surface area contributed by atoms with Crippen molar-refractivity contribution in [1.29, 1.82) is 0 Å². The molecule has 0 radical (unpaired) electrons. The maximum absolute atomic E-state index is 12.5. The molecule has 1 aromatic heterocycles. The number of rotatable bonds is 5. The summed E-state index contributed by atoms with van der Waals surface area (Å²) in [5.74, 6) is 1.69. The summed E-state index contributed by atoms with van der Waals surface area (Å²) in [6, 6.07) is 15.6. The Morgan fingerprint density at radius 3 is 2.00 bits per heavy atom. The van der Waals surface area contributed by atoms with E-state index in [0.717, 1.165) is 47.0 Å². The van der Waals surface area contributed by atoms with Crippen LogP contribution in [0.15, 0.2) is 48.5 Å². The Labute approximate surface area is 206 Å². The number of nitrogens with two attached hydrogens (primary N) is 1. The van der Waals surface area contributed by atoms with Gasteiger partial charge in [-0.15, -0.1) is 0 Å². The number of amides is 1. The molecule has 8 heteroatoms. The van der Waals surface area contributed by atoms with Gasteiger partial charge in [0.2, 0.25) is 0 Å². The predicted molar refractivity (Wildman–Crippen MR) is 136 cm³/mol. The highest BCUT2D eigenvalue weighted by Gasteiger charge is 2.31. The van der Waals surface area contributed by atoms with Gasteiger partial charge in [-0.25, -0.2) is 9.48 Å². The number of methoxy groups -OCH3 is 2. The van der Waals surface area contributed by atoms with Crippen LogP contribution in [0.1, 0.15) is 45.2 Å². The summed E-state index contributed by atoms with van der Waals surface area (Å²) in [6.07, 6.45) is 1.27. The number of piperidine rings is 1. The molecule has 1 fully saturated rings. The minimum atomic E-state index is -0.511. The molecule has 0 atom stereocenters. The van der Waals surface area contributed by atoms with E-state index < -0.39 is 5.60 Å². The Morgan fingerprint density at radius 1 is 0.943 bits per heavy atom. The first kappa shape index (κ1) is 24.4. The van der Waals surface area contributed by atoms with Crippen LogP contribution >= 0.6 is 0 Å². The number of carbonyl (C=O) groups excluding carboxylic acids is 1. The van der Waals surface area contributed by atoms with Gasteiger partial charge in [-0.05, 0) is 82.1 Å². The molecule has 0 unspecified atom stereocenters. The standard InChI is InChI=1S/C27H34N4O4/c1-27(2,3)35-26(32)30-16-14-18(15-17-30)24-23(28)25(19-6-10-21(33-4)11-7-19)31(29-24)20-8-12-22(34-5)13-9-20/h6-13,18H,14-17,28H2,1-5H3. The summed E-state index contributed by atoms with van der Waals surface area (Å²) < 4.78 is 18.1. The summed E-state index contributed by atoms with van der Waals surface area (Å²) >= 11 is 0. The molecule has 8 nitrogen and oxygen atoms in total. The first-order valence-electron chi connectivity index (χ1n) is 11.9. The second kappa shape index (κ2) is 9.90. The van der Waals surface area contributed by atoms with E-state index in [9.17, 15) is 4.79 Å². The van der Waals surface area contributed by atoms with E-state index in [2.05, 4.69) is 0 Å². The van der Waals surface area contributed by atoms with E-state index in [1.807, 2.05) is 74.0 Å². The number of benzene rings is 2. The Bertz CT molecular complexity index is 1160. The lowest BCUT2D eigenvalue weighted by Crippen LogP contribution is -2.41. The van der Waals surface area contributed by atoms with Crippen LogP contribution in [0.25, 0.3) is 16.9 Å². The van der Waals surface area contributed by atoms with Crippen molar-refractivity contribution in [3.05, 3.63) is 54.2 Å².